The highest BCUT2D eigenvalue weighted by atomic mass is 16.5. The number of ether oxygens (including phenoxy) is 1. The molecule has 0 aromatic carbocycles. The second kappa shape index (κ2) is 5.28. The van der Waals surface area contributed by atoms with Crippen molar-refractivity contribution in [3.05, 3.63) is 0 Å². The summed E-state index contributed by atoms with van der Waals surface area (Å²) in [5.74, 6) is 0.610. The third kappa shape index (κ3) is 2.71. The molecule has 2 rings (SSSR count). The number of rotatable bonds is 2. The summed E-state index contributed by atoms with van der Waals surface area (Å²) >= 11 is 0. The third-order valence-electron chi connectivity index (χ3n) is 3.86. The monoisotopic (exact) mass is 214 g/mol. The molecule has 0 aromatic rings. The van der Waals surface area contributed by atoms with E-state index in [1.165, 1.54) is 38.5 Å². The van der Waals surface area contributed by atoms with Crippen molar-refractivity contribution in [2.45, 2.75) is 63.3 Å². The van der Waals surface area contributed by atoms with Crippen LogP contribution in [0.4, 0.5) is 0 Å². The summed E-state index contributed by atoms with van der Waals surface area (Å²) in [6.45, 7) is -0.0512. The van der Waals surface area contributed by atoms with Crippen molar-refractivity contribution in [1.82, 2.24) is 0 Å². The van der Waals surface area contributed by atoms with Crippen LogP contribution in [-0.2, 0) is 4.74 Å². The molecule has 1 aliphatic carbocycles. The maximum Gasteiger partial charge on any atom is 0.107 e. The van der Waals surface area contributed by atoms with E-state index < -0.39 is 6.10 Å². The van der Waals surface area contributed by atoms with Crippen LogP contribution in [-0.4, -0.2) is 35.1 Å². The van der Waals surface area contributed by atoms with E-state index in [9.17, 15) is 5.11 Å². The van der Waals surface area contributed by atoms with Crippen molar-refractivity contribution in [2.75, 3.05) is 6.61 Å². The van der Waals surface area contributed by atoms with E-state index in [0.717, 1.165) is 6.42 Å². The lowest BCUT2D eigenvalue weighted by Crippen LogP contribution is -2.25. The smallest absolute Gasteiger partial charge is 0.107 e. The summed E-state index contributed by atoms with van der Waals surface area (Å²) in [7, 11) is 0. The fourth-order valence-electron chi connectivity index (χ4n) is 2.91. The molecule has 2 fully saturated rings. The van der Waals surface area contributed by atoms with Crippen LogP contribution in [0.5, 0.6) is 0 Å². The van der Waals surface area contributed by atoms with Crippen molar-refractivity contribution in [3.63, 3.8) is 0 Å². The largest absolute Gasteiger partial charge is 0.394 e. The Labute approximate surface area is 91.4 Å². The van der Waals surface area contributed by atoms with Crippen LogP contribution in [0.2, 0.25) is 0 Å². The van der Waals surface area contributed by atoms with E-state index in [1.54, 1.807) is 0 Å². The summed E-state index contributed by atoms with van der Waals surface area (Å²) in [4.78, 5) is 0. The van der Waals surface area contributed by atoms with Crippen LogP contribution in [0, 0.1) is 5.92 Å². The van der Waals surface area contributed by atoms with Crippen molar-refractivity contribution in [1.29, 1.82) is 0 Å². The zero-order valence-corrected chi connectivity index (χ0v) is 9.27. The van der Waals surface area contributed by atoms with E-state index in [0.29, 0.717) is 5.92 Å². The molecule has 0 spiro atoms. The zero-order valence-electron chi connectivity index (χ0n) is 9.27. The van der Waals surface area contributed by atoms with Gasteiger partial charge in [-0.1, -0.05) is 25.7 Å². The number of aliphatic hydroxyl groups is 2. The molecule has 3 heteroatoms. The highest BCUT2D eigenvalue weighted by molar-refractivity contribution is 4.86. The lowest BCUT2D eigenvalue weighted by molar-refractivity contribution is -0.0399. The van der Waals surface area contributed by atoms with Gasteiger partial charge in [0.2, 0.25) is 0 Å². The summed E-state index contributed by atoms with van der Waals surface area (Å²) in [5, 5.41) is 18.7. The minimum absolute atomic E-state index is 0.0512. The normalized spacial score (nSPS) is 39.2. The van der Waals surface area contributed by atoms with Gasteiger partial charge < -0.3 is 14.9 Å². The molecule has 0 amide bonds. The first-order valence-corrected chi connectivity index (χ1v) is 6.25. The van der Waals surface area contributed by atoms with Gasteiger partial charge in [-0.3, -0.25) is 0 Å². The van der Waals surface area contributed by atoms with Gasteiger partial charge in [0.1, 0.15) is 6.10 Å². The number of aliphatic hydroxyl groups excluding tert-OH is 2. The van der Waals surface area contributed by atoms with Crippen molar-refractivity contribution < 1.29 is 14.9 Å². The van der Waals surface area contributed by atoms with Crippen molar-refractivity contribution >= 4 is 0 Å². The Morgan fingerprint density at radius 2 is 1.73 bits per heavy atom. The Hall–Kier alpha value is -0.120. The second-order valence-corrected chi connectivity index (χ2v) is 4.95. The molecular weight excluding hydrogens is 192 g/mol. The first-order valence-electron chi connectivity index (χ1n) is 6.25. The van der Waals surface area contributed by atoms with Crippen LogP contribution in [0.25, 0.3) is 0 Å². The van der Waals surface area contributed by atoms with E-state index in [-0.39, 0.29) is 18.8 Å². The molecule has 2 aliphatic rings. The van der Waals surface area contributed by atoms with Crippen molar-refractivity contribution in [2.24, 2.45) is 5.92 Å². The molecule has 3 nitrogen and oxygen atoms in total. The van der Waals surface area contributed by atoms with Gasteiger partial charge in [0.25, 0.3) is 0 Å². The van der Waals surface area contributed by atoms with Crippen LogP contribution in [0.1, 0.15) is 44.9 Å². The SMILES string of the molecule is OC[C@H]1O[C@@H](C2CCCCCC2)C[C@H]1O. The molecular formula is C12H22O3. The minimum Gasteiger partial charge on any atom is -0.394 e. The Balaban J connectivity index is 1.88. The topological polar surface area (TPSA) is 49.7 Å². The Morgan fingerprint density at radius 3 is 2.27 bits per heavy atom. The summed E-state index contributed by atoms with van der Waals surface area (Å²) in [5.41, 5.74) is 0. The maximum atomic E-state index is 9.68. The third-order valence-corrected chi connectivity index (χ3v) is 3.86. The Morgan fingerprint density at radius 1 is 1.07 bits per heavy atom. The summed E-state index contributed by atoms with van der Waals surface area (Å²) in [6, 6.07) is 0. The predicted octanol–water partition coefficient (Wildman–Crippen LogP) is 1.47. The fourth-order valence-corrected chi connectivity index (χ4v) is 2.91. The lowest BCUT2D eigenvalue weighted by atomic mass is 9.92. The molecule has 88 valence electrons. The highest BCUT2D eigenvalue weighted by Crippen LogP contribution is 2.33. The van der Waals surface area contributed by atoms with E-state index in [4.69, 9.17) is 9.84 Å². The lowest BCUT2D eigenvalue weighted by Gasteiger charge is -2.21. The summed E-state index contributed by atoms with van der Waals surface area (Å²) < 4.78 is 5.72. The second-order valence-electron chi connectivity index (χ2n) is 4.95. The first-order chi connectivity index (χ1) is 7.31. The van der Waals surface area contributed by atoms with E-state index in [1.807, 2.05) is 0 Å². The fraction of sp³-hybridized carbons (Fsp3) is 1.00. The zero-order chi connectivity index (χ0) is 10.7. The molecule has 1 heterocycles. The van der Waals surface area contributed by atoms with Gasteiger partial charge >= 0.3 is 0 Å². The number of hydrogen-bond acceptors (Lipinski definition) is 3. The number of hydrogen-bond donors (Lipinski definition) is 2. The van der Waals surface area contributed by atoms with Gasteiger partial charge in [0.15, 0.2) is 0 Å². The molecule has 0 unspecified atom stereocenters. The molecule has 1 saturated heterocycles. The standard InChI is InChI=1S/C12H22O3/c13-8-12-10(14)7-11(15-12)9-5-3-1-2-4-6-9/h9-14H,1-8H2/t10-,11-,12-/m1/s1. The summed E-state index contributed by atoms with van der Waals surface area (Å²) in [6.07, 6.45) is 7.86. The Bertz CT molecular complexity index is 187. The Kier molecular flexibility index (Phi) is 4.00. The average molecular weight is 214 g/mol. The van der Waals surface area contributed by atoms with Crippen LogP contribution in [0.3, 0.4) is 0 Å². The average Bonchev–Trinajstić information content (AvgIpc) is 2.48. The molecule has 1 aliphatic heterocycles. The van der Waals surface area contributed by atoms with Gasteiger partial charge in [-0.05, 0) is 18.8 Å². The molecule has 15 heavy (non-hydrogen) atoms. The van der Waals surface area contributed by atoms with Gasteiger partial charge in [0, 0.05) is 6.42 Å². The molecule has 2 N–H and O–H groups in total. The highest BCUT2D eigenvalue weighted by Gasteiger charge is 2.37. The quantitative estimate of drug-likeness (QED) is 0.684. The van der Waals surface area contributed by atoms with Crippen LogP contribution in [0.15, 0.2) is 0 Å². The molecule has 3 atom stereocenters. The molecule has 0 aromatic heterocycles. The van der Waals surface area contributed by atoms with Crippen molar-refractivity contribution in [3.8, 4) is 0 Å². The first kappa shape index (κ1) is 11.4. The predicted molar refractivity (Wildman–Crippen MR) is 57.6 cm³/mol. The maximum absolute atomic E-state index is 9.68. The minimum atomic E-state index is -0.455. The van der Waals surface area contributed by atoms with Gasteiger partial charge in [-0.25, -0.2) is 0 Å². The van der Waals surface area contributed by atoms with Crippen LogP contribution < -0.4 is 0 Å². The molecule has 0 bridgehead atoms. The van der Waals surface area contributed by atoms with Gasteiger partial charge in [-0.2, -0.15) is 0 Å². The van der Waals surface area contributed by atoms with E-state index >= 15 is 0 Å². The van der Waals surface area contributed by atoms with Gasteiger partial charge in [0.05, 0.1) is 18.8 Å². The van der Waals surface area contributed by atoms with Gasteiger partial charge in [-0.15, -0.1) is 0 Å². The molecule has 0 radical (unpaired) electrons. The molecule has 1 saturated carbocycles. The van der Waals surface area contributed by atoms with E-state index in [2.05, 4.69) is 0 Å². The van der Waals surface area contributed by atoms with Crippen LogP contribution >= 0.6 is 0 Å².